The molecule has 1 amide bonds. The van der Waals surface area contributed by atoms with Crippen molar-refractivity contribution in [3.05, 3.63) is 124 Å². The van der Waals surface area contributed by atoms with Crippen molar-refractivity contribution in [2.45, 2.75) is 26.6 Å². The molecule has 0 bridgehead atoms. The molecular weight excluding hydrogens is 464 g/mol. The van der Waals surface area contributed by atoms with Crippen LogP contribution in [0.3, 0.4) is 0 Å². The Morgan fingerprint density at radius 2 is 1.56 bits per heavy atom. The molecule has 0 saturated carbocycles. The second-order valence-corrected chi connectivity index (χ2v) is 9.55. The lowest BCUT2D eigenvalue weighted by atomic mass is 10.1. The van der Waals surface area contributed by atoms with E-state index in [1.165, 1.54) is 0 Å². The third-order valence-electron chi connectivity index (χ3n) is 6.29. The quantitative estimate of drug-likeness (QED) is 0.278. The van der Waals surface area contributed by atoms with Gasteiger partial charge < -0.3 is 15.6 Å². The molecule has 180 valence electrons. The number of nitrogens with two attached hydrogens (primary N) is 1. The molecule has 0 unspecified atom stereocenters. The highest BCUT2D eigenvalue weighted by atomic mass is 32.1. The van der Waals surface area contributed by atoms with Gasteiger partial charge in [-0.15, -0.1) is 11.3 Å². The standard InChI is InChI=1S/C30H28N4OS/c1-21-27(29(35)32-18-23-14-12-22(17-31)13-15-23)16-28(24-8-4-2-5-9-24)34(21)19-26-20-36-30(33-26)25-10-6-3-7-11-25/h2-16,20H,17-19,31H2,1H3,(H,32,35). The number of hydrogen-bond donors (Lipinski definition) is 2. The molecule has 36 heavy (non-hydrogen) atoms. The number of amides is 1. The van der Waals surface area contributed by atoms with Gasteiger partial charge in [0.25, 0.3) is 5.91 Å². The molecule has 5 aromatic rings. The van der Waals surface area contributed by atoms with Gasteiger partial charge >= 0.3 is 0 Å². The van der Waals surface area contributed by atoms with E-state index in [1.807, 2.05) is 73.7 Å². The number of nitrogens with zero attached hydrogens (tertiary/aromatic N) is 2. The maximum atomic E-state index is 13.2. The van der Waals surface area contributed by atoms with Crippen LogP contribution in [-0.2, 0) is 19.6 Å². The lowest BCUT2D eigenvalue weighted by molar-refractivity contribution is 0.0950. The first-order chi connectivity index (χ1) is 17.6. The summed E-state index contributed by atoms with van der Waals surface area (Å²) in [6.45, 7) is 3.56. The van der Waals surface area contributed by atoms with Gasteiger partial charge in [0, 0.05) is 35.4 Å². The van der Waals surface area contributed by atoms with Gasteiger partial charge in [0.15, 0.2) is 0 Å². The largest absolute Gasteiger partial charge is 0.348 e. The molecule has 2 aromatic heterocycles. The van der Waals surface area contributed by atoms with E-state index in [2.05, 4.69) is 39.5 Å². The van der Waals surface area contributed by atoms with Crippen LogP contribution in [0.1, 0.15) is 32.9 Å². The Hall–Kier alpha value is -4.00. The van der Waals surface area contributed by atoms with Crippen molar-refractivity contribution < 1.29 is 4.79 Å². The minimum atomic E-state index is -0.0883. The number of carbonyl (C=O) groups excluding carboxylic acids is 1. The number of nitrogens with one attached hydrogen (secondary N) is 1. The first-order valence-corrected chi connectivity index (χ1v) is 12.8. The summed E-state index contributed by atoms with van der Waals surface area (Å²) in [7, 11) is 0. The highest BCUT2D eigenvalue weighted by Crippen LogP contribution is 2.29. The Labute approximate surface area is 215 Å². The predicted molar refractivity (Wildman–Crippen MR) is 147 cm³/mol. The SMILES string of the molecule is Cc1c(C(=O)NCc2ccc(CN)cc2)cc(-c2ccccc2)n1Cc1csc(-c2ccccc2)n1. The lowest BCUT2D eigenvalue weighted by Crippen LogP contribution is -2.23. The fourth-order valence-corrected chi connectivity index (χ4v) is 5.07. The number of aromatic nitrogens is 2. The Bertz CT molecular complexity index is 1450. The van der Waals surface area contributed by atoms with Crippen molar-refractivity contribution in [1.29, 1.82) is 0 Å². The zero-order chi connectivity index (χ0) is 24.9. The van der Waals surface area contributed by atoms with E-state index in [9.17, 15) is 4.79 Å². The van der Waals surface area contributed by atoms with Crippen molar-refractivity contribution in [2.24, 2.45) is 5.73 Å². The van der Waals surface area contributed by atoms with Gasteiger partial charge in [0.1, 0.15) is 5.01 Å². The molecule has 2 heterocycles. The van der Waals surface area contributed by atoms with E-state index in [1.54, 1.807) is 11.3 Å². The smallest absolute Gasteiger partial charge is 0.253 e. The average Bonchev–Trinajstić information content (AvgIpc) is 3.53. The van der Waals surface area contributed by atoms with Crippen LogP contribution in [0.2, 0.25) is 0 Å². The van der Waals surface area contributed by atoms with Crippen LogP contribution < -0.4 is 11.1 Å². The van der Waals surface area contributed by atoms with Crippen LogP contribution >= 0.6 is 11.3 Å². The van der Waals surface area contributed by atoms with E-state index < -0.39 is 0 Å². The van der Waals surface area contributed by atoms with Gasteiger partial charge in [-0.2, -0.15) is 0 Å². The molecule has 0 radical (unpaired) electrons. The van der Waals surface area contributed by atoms with E-state index in [0.29, 0.717) is 25.2 Å². The van der Waals surface area contributed by atoms with Gasteiger partial charge in [-0.1, -0.05) is 84.9 Å². The summed E-state index contributed by atoms with van der Waals surface area (Å²) < 4.78 is 2.18. The minimum absolute atomic E-state index is 0.0883. The molecule has 0 fully saturated rings. The number of carbonyl (C=O) groups is 1. The van der Waals surface area contributed by atoms with Gasteiger partial charge in [-0.3, -0.25) is 4.79 Å². The van der Waals surface area contributed by atoms with Gasteiger partial charge in [0.05, 0.1) is 17.8 Å². The Balaban J connectivity index is 1.42. The van der Waals surface area contributed by atoms with Crippen molar-refractivity contribution in [2.75, 3.05) is 0 Å². The Morgan fingerprint density at radius 3 is 2.22 bits per heavy atom. The monoisotopic (exact) mass is 492 g/mol. The van der Waals surface area contributed by atoms with Crippen LogP contribution in [0.5, 0.6) is 0 Å². The summed E-state index contributed by atoms with van der Waals surface area (Å²) >= 11 is 1.64. The average molecular weight is 493 g/mol. The number of thiazole rings is 1. The van der Waals surface area contributed by atoms with Gasteiger partial charge in [-0.05, 0) is 29.7 Å². The highest BCUT2D eigenvalue weighted by molar-refractivity contribution is 7.13. The van der Waals surface area contributed by atoms with Crippen LogP contribution in [0.4, 0.5) is 0 Å². The lowest BCUT2D eigenvalue weighted by Gasteiger charge is -2.11. The van der Waals surface area contributed by atoms with Crippen molar-refractivity contribution in [3.8, 4) is 21.8 Å². The Kier molecular flexibility index (Phi) is 7.07. The molecule has 3 N–H and O–H groups in total. The molecule has 0 aliphatic carbocycles. The molecule has 5 rings (SSSR count). The van der Waals surface area contributed by atoms with Gasteiger partial charge in [0.2, 0.25) is 0 Å². The first-order valence-electron chi connectivity index (χ1n) is 11.9. The maximum absolute atomic E-state index is 13.2. The van der Waals surface area contributed by atoms with Crippen molar-refractivity contribution in [3.63, 3.8) is 0 Å². The minimum Gasteiger partial charge on any atom is -0.348 e. The number of rotatable bonds is 8. The molecule has 0 saturated heterocycles. The summed E-state index contributed by atoms with van der Waals surface area (Å²) in [4.78, 5) is 18.1. The van der Waals surface area contributed by atoms with E-state index in [-0.39, 0.29) is 5.91 Å². The third-order valence-corrected chi connectivity index (χ3v) is 7.23. The fraction of sp³-hybridized carbons (Fsp3) is 0.133. The van der Waals surface area contributed by atoms with E-state index in [4.69, 9.17) is 10.7 Å². The van der Waals surface area contributed by atoms with Crippen LogP contribution in [0, 0.1) is 6.92 Å². The summed E-state index contributed by atoms with van der Waals surface area (Å²) in [5.41, 5.74) is 13.5. The summed E-state index contributed by atoms with van der Waals surface area (Å²) in [5.74, 6) is -0.0883. The fourth-order valence-electron chi connectivity index (χ4n) is 4.25. The zero-order valence-corrected chi connectivity index (χ0v) is 21.0. The second kappa shape index (κ2) is 10.7. The van der Waals surface area contributed by atoms with E-state index in [0.717, 1.165) is 44.3 Å². The Morgan fingerprint density at radius 1 is 0.917 bits per heavy atom. The molecule has 6 heteroatoms. The second-order valence-electron chi connectivity index (χ2n) is 8.69. The van der Waals surface area contributed by atoms with Crippen LogP contribution in [-0.4, -0.2) is 15.5 Å². The molecule has 3 aromatic carbocycles. The number of benzene rings is 3. The predicted octanol–water partition coefficient (Wildman–Crippen LogP) is 6.02. The normalized spacial score (nSPS) is 10.9. The molecule has 0 aliphatic rings. The highest BCUT2D eigenvalue weighted by Gasteiger charge is 2.19. The summed E-state index contributed by atoms with van der Waals surface area (Å²) in [5, 5.41) is 6.17. The summed E-state index contributed by atoms with van der Waals surface area (Å²) in [6, 6.07) is 30.4. The maximum Gasteiger partial charge on any atom is 0.253 e. The third kappa shape index (κ3) is 5.15. The molecule has 5 nitrogen and oxygen atoms in total. The van der Waals surface area contributed by atoms with Gasteiger partial charge in [-0.25, -0.2) is 4.98 Å². The van der Waals surface area contributed by atoms with E-state index >= 15 is 0 Å². The molecule has 0 atom stereocenters. The molecule has 0 aliphatic heterocycles. The van der Waals surface area contributed by atoms with Crippen molar-refractivity contribution in [1.82, 2.24) is 14.9 Å². The number of hydrogen-bond acceptors (Lipinski definition) is 4. The molecule has 0 spiro atoms. The van der Waals surface area contributed by atoms with Crippen molar-refractivity contribution >= 4 is 17.2 Å². The zero-order valence-electron chi connectivity index (χ0n) is 20.1. The first kappa shape index (κ1) is 23.7. The summed E-state index contributed by atoms with van der Waals surface area (Å²) in [6.07, 6.45) is 0. The molecular formula is C30H28N4OS. The van der Waals surface area contributed by atoms with Crippen LogP contribution in [0.25, 0.3) is 21.8 Å². The van der Waals surface area contributed by atoms with Crippen LogP contribution in [0.15, 0.2) is 96.4 Å². The topological polar surface area (TPSA) is 72.9 Å².